The first kappa shape index (κ1) is 14.2. The van der Waals surface area contributed by atoms with Gasteiger partial charge in [-0.1, -0.05) is 48.5 Å². The Bertz CT molecular complexity index is 957. The summed E-state index contributed by atoms with van der Waals surface area (Å²) < 4.78 is 11.7. The van der Waals surface area contributed by atoms with Crippen molar-refractivity contribution in [3.63, 3.8) is 0 Å². The molecule has 0 saturated carbocycles. The van der Waals surface area contributed by atoms with Gasteiger partial charge in [0.25, 0.3) is 0 Å². The Morgan fingerprint density at radius 1 is 0.542 bits per heavy atom. The fourth-order valence-electron chi connectivity index (χ4n) is 2.34. The van der Waals surface area contributed by atoms with Crippen molar-refractivity contribution in [2.45, 2.75) is 0 Å². The van der Waals surface area contributed by atoms with Crippen LogP contribution in [0.3, 0.4) is 0 Å². The van der Waals surface area contributed by atoms with Crippen molar-refractivity contribution in [1.29, 1.82) is 0 Å². The van der Waals surface area contributed by atoms with Gasteiger partial charge in [-0.3, -0.25) is 0 Å². The third kappa shape index (κ3) is 3.03. The highest BCUT2D eigenvalue weighted by molar-refractivity contribution is 5.83. The van der Waals surface area contributed by atoms with E-state index in [1.54, 1.807) is 0 Å². The average Bonchev–Trinajstić information content (AvgIpc) is 2.63. The lowest BCUT2D eigenvalue weighted by molar-refractivity contribution is 0.417. The lowest BCUT2D eigenvalue weighted by Gasteiger charge is -2.10. The van der Waals surface area contributed by atoms with Gasteiger partial charge in [-0.15, -0.1) is 0 Å². The molecule has 4 aromatic rings. The summed E-state index contributed by atoms with van der Waals surface area (Å²) in [6.07, 6.45) is 0. The van der Waals surface area contributed by atoms with E-state index in [0.29, 0.717) is 17.4 Å². The van der Waals surface area contributed by atoms with Crippen molar-refractivity contribution in [3.05, 3.63) is 84.9 Å². The number of para-hydroxylation sites is 3. The number of hydrogen-bond donors (Lipinski definition) is 0. The van der Waals surface area contributed by atoms with Gasteiger partial charge >= 0.3 is 6.01 Å². The molecule has 0 amide bonds. The van der Waals surface area contributed by atoms with Crippen LogP contribution in [0.5, 0.6) is 23.4 Å². The van der Waals surface area contributed by atoms with E-state index >= 15 is 0 Å². The largest absolute Gasteiger partial charge is 0.438 e. The predicted octanol–water partition coefficient (Wildman–Crippen LogP) is 5.21. The molecule has 1 aromatic heterocycles. The van der Waals surface area contributed by atoms with Gasteiger partial charge in [-0.2, -0.15) is 9.97 Å². The molecule has 0 aliphatic rings. The van der Waals surface area contributed by atoms with Crippen LogP contribution >= 0.6 is 0 Å². The summed E-state index contributed by atoms with van der Waals surface area (Å²) in [7, 11) is 0. The van der Waals surface area contributed by atoms with E-state index in [9.17, 15) is 0 Å². The van der Waals surface area contributed by atoms with Gasteiger partial charge in [-0.25, -0.2) is 0 Å². The van der Waals surface area contributed by atoms with Crippen LogP contribution in [0.2, 0.25) is 0 Å². The molecule has 0 atom stereocenters. The van der Waals surface area contributed by atoms with Crippen LogP contribution < -0.4 is 9.47 Å². The molecule has 4 nitrogen and oxygen atoms in total. The van der Waals surface area contributed by atoms with Gasteiger partial charge in [-0.05, 0) is 36.4 Å². The summed E-state index contributed by atoms with van der Waals surface area (Å²) >= 11 is 0. The third-order valence-electron chi connectivity index (χ3n) is 3.46. The molecular formula is C20H14N2O2. The van der Waals surface area contributed by atoms with Crippen LogP contribution in [0.1, 0.15) is 0 Å². The highest BCUT2D eigenvalue weighted by Crippen LogP contribution is 2.30. The third-order valence-corrected chi connectivity index (χ3v) is 3.46. The Hall–Kier alpha value is -3.40. The zero-order valence-corrected chi connectivity index (χ0v) is 12.8. The van der Waals surface area contributed by atoms with Crippen LogP contribution in [0.15, 0.2) is 84.9 Å². The normalized spacial score (nSPS) is 10.5. The van der Waals surface area contributed by atoms with Crippen LogP contribution in [-0.2, 0) is 0 Å². The number of aromatic nitrogens is 2. The Morgan fingerprint density at radius 2 is 1.12 bits per heavy atom. The fraction of sp³-hybridized carbons (Fsp3) is 0. The van der Waals surface area contributed by atoms with E-state index in [4.69, 9.17) is 9.47 Å². The maximum Gasteiger partial charge on any atom is 0.325 e. The first-order valence-electron chi connectivity index (χ1n) is 7.61. The molecule has 0 fully saturated rings. The van der Waals surface area contributed by atoms with E-state index in [2.05, 4.69) is 9.97 Å². The molecular weight excluding hydrogens is 300 g/mol. The van der Waals surface area contributed by atoms with Crippen molar-refractivity contribution in [3.8, 4) is 23.4 Å². The topological polar surface area (TPSA) is 44.2 Å². The molecule has 4 heteroatoms. The van der Waals surface area contributed by atoms with Crippen molar-refractivity contribution in [2.75, 3.05) is 0 Å². The van der Waals surface area contributed by atoms with Crippen molar-refractivity contribution >= 4 is 10.9 Å². The Kier molecular flexibility index (Phi) is 3.78. The lowest BCUT2D eigenvalue weighted by Crippen LogP contribution is -1.96. The molecule has 116 valence electrons. The SMILES string of the molecule is c1ccc(Oc2nc(Oc3ccccc3)c3ccccc3n2)cc1. The minimum absolute atomic E-state index is 0.255. The number of hydrogen-bond acceptors (Lipinski definition) is 4. The van der Waals surface area contributed by atoms with Gasteiger partial charge in [0.1, 0.15) is 11.5 Å². The molecule has 0 radical (unpaired) electrons. The quantitative estimate of drug-likeness (QED) is 0.518. The van der Waals surface area contributed by atoms with E-state index in [1.807, 2.05) is 84.9 Å². The molecule has 3 aromatic carbocycles. The molecule has 24 heavy (non-hydrogen) atoms. The second kappa shape index (κ2) is 6.38. The minimum atomic E-state index is 0.255. The zero-order valence-electron chi connectivity index (χ0n) is 12.8. The molecule has 0 aliphatic carbocycles. The Labute approximate surface area is 139 Å². The van der Waals surface area contributed by atoms with E-state index < -0.39 is 0 Å². The van der Waals surface area contributed by atoms with E-state index in [1.165, 1.54) is 0 Å². The number of benzene rings is 3. The van der Waals surface area contributed by atoms with E-state index in [-0.39, 0.29) is 6.01 Å². The average molecular weight is 314 g/mol. The van der Waals surface area contributed by atoms with Crippen molar-refractivity contribution in [2.24, 2.45) is 0 Å². The number of nitrogens with zero attached hydrogens (tertiary/aromatic N) is 2. The summed E-state index contributed by atoms with van der Waals surface area (Å²) in [4.78, 5) is 8.90. The second-order valence-corrected chi connectivity index (χ2v) is 5.16. The van der Waals surface area contributed by atoms with Crippen molar-refractivity contribution < 1.29 is 9.47 Å². The molecule has 1 heterocycles. The van der Waals surface area contributed by atoms with Gasteiger partial charge in [0, 0.05) is 0 Å². The molecule has 0 saturated heterocycles. The smallest absolute Gasteiger partial charge is 0.325 e. The molecule has 0 N–H and O–H groups in total. The molecule has 0 spiro atoms. The monoisotopic (exact) mass is 314 g/mol. The molecule has 4 rings (SSSR count). The lowest BCUT2D eigenvalue weighted by atomic mass is 10.2. The van der Waals surface area contributed by atoms with Crippen LogP contribution in [0.4, 0.5) is 0 Å². The highest BCUT2D eigenvalue weighted by Gasteiger charge is 2.11. The summed E-state index contributed by atoms with van der Waals surface area (Å²) in [5.41, 5.74) is 0.768. The Morgan fingerprint density at radius 3 is 1.83 bits per heavy atom. The van der Waals surface area contributed by atoms with Gasteiger partial charge in [0.15, 0.2) is 0 Å². The number of fused-ring (bicyclic) bond motifs is 1. The van der Waals surface area contributed by atoms with Crippen LogP contribution in [0, 0.1) is 0 Å². The van der Waals surface area contributed by atoms with Crippen LogP contribution in [0.25, 0.3) is 10.9 Å². The first-order valence-corrected chi connectivity index (χ1v) is 7.61. The molecule has 0 aliphatic heterocycles. The van der Waals surface area contributed by atoms with Crippen molar-refractivity contribution in [1.82, 2.24) is 9.97 Å². The summed E-state index contributed by atoms with van der Waals surface area (Å²) in [5.74, 6) is 1.86. The highest BCUT2D eigenvalue weighted by atomic mass is 16.5. The summed E-state index contributed by atoms with van der Waals surface area (Å²) in [6.45, 7) is 0. The molecule has 0 unspecified atom stereocenters. The van der Waals surface area contributed by atoms with Gasteiger partial charge < -0.3 is 9.47 Å². The van der Waals surface area contributed by atoms with Crippen LogP contribution in [-0.4, -0.2) is 9.97 Å². The Balaban J connectivity index is 1.76. The number of rotatable bonds is 4. The maximum absolute atomic E-state index is 5.94. The predicted molar refractivity (Wildman–Crippen MR) is 92.6 cm³/mol. The van der Waals surface area contributed by atoms with Gasteiger partial charge in [0.05, 0.1) is 10.9 Å². The first-order chi connectivity index (χ1) is 11.9. The fourth-order valence-corrected chi connectivity index (χ4v) is 2.34. The zero-order chi connectivity index (χ0) is 16.2. The molecule has 0 bridgehead atoms. The minimum Gasteiger partial charge on any atom is -0.438 e. The maximum atomic E-state index is 5.94. The van der Waals surface area contributed by atoms with E-state index in [0.717, 1.165) is 10.9 Å². The van der Waals surface area contributed by atoms with Gasteiger partial charge in [0.2, 0.25) is 5.88 Å². The standard InChI is InChI=1S/C20H14N2O2/c1-3-9-15(10-4-1)23-19-17-13-7-8-14-18(17)21-20(22-19)24-16-11-5-2-6-12-16/h1-14H. The summed E-state index contributed by atoms with van der Waals surface area (Å²) in [6, 6.07) is 26.9. The number of ether oxygens (including phenoxy) is 2. The summed E-state index contributed by atoms with van der Waals surface area (Å²) in [5, 5.41) is 0.835. The second-order valence-electron chi connectivity index (χ2n) is 5.16.